The summed E-state index contributed by atoms with van der Waals surface area (Å²) >= 11 is 5.94. The Bertz CT molecular complexity index is 777. The lowest BCUT2D eigenvalue weighted by atomic mass is 10.2. The summed E-state index contributed by atoms with van der Waals surface area (Å²) in [6.45, 7) is 0.300. The van der Waals surface area contributed by atoms with Crippen LogP contribution < -0.4 is 19.5 Å². The predicted molar refractivity (Wildman–Crippen MR) is 86.6 cm³/mol. The molecule has 0 unspecified atom stereocenters. The molecule has 0 atom stereocenters. The molecule has 1 aliphatic heterocycles. The lowest BCUT2D eigenvalue weighted by Crippen LogP contribution is -2.27. The van der Waals surface area contributed by atoms with Gasteiger partial charge in [-0.15, -0.1) is 0 Å². The summed E-state index contributed by atoms with van der Waals surface area (Å²) < 4.78 is 15.6. The molecule has 124 valence electrons. The van der Waals surface area contributed by atoms with Gasteiger partial charge < -0.3 is 19.5 Å². The van der Waals surface area contributed by atoms with Crippen molar-refractivity contribution < 1.29 is 23.8 Å². The van der Waals surface area contributed by atoms with Gasteiger partial charge in [0.1, 0.15) is 5.75 Å². The number of carbonyl (C=O) groups is 2. The van der Waals surface area contributed by atoms with Crippen molar-refractivity contribution >= 4 is 23.5 Å². The van der Waals surface area contributed by atoms with Gasteiger partial charge in [-0.1, -0.05) is 23.7 Å². The zero-order valence-electron chi connectivity index (χ0n) is 12.6. The van der Waals surface area contributed by atoms with Crippen LogP contribution in [0.15, 0.2) is 42.5 Å². The van der Waals surface area contributed by atoms with Gasteiger partial charge in [-0.05, 0) is 24.3 Å². The van der Waals surface area contributed by atoms with Crippen molar-refractivity contribution in [2.75, 3.05) is 13.3 Å². The first-order valence-electron chi connectivity index (χ1n) is 7.26. The van der Waals surface area contributed by atoms with Gasteiger partial charge in [0, 0.05) is 12.6 Å². The number of rotatable bonds is 5. The summed E-state index contributed by atoms with van der Waals surface area (Å²) in [4.78, 5) is 23.8. The van der Waals surface area contributed by atoms with Gasteiger partial charge in [-0.2, -0.15) is 0 Å². The van der Waals surface area contributed by atoms with E-state index in [-0.39, 0.29) is 25.7 Å². The van der Waals surface area contributed by atoms with Crippen LogP contribution in [0.4, 0.5) is 0 Å². The standard InChI is InChI=1S/C17H14ClNO5/c18-13-4-2-1-3-12(13)17(21)19-8-7-16(20)24-11-5-6-14-15(9-11)23-10-22-14/h1-6,9H,7-8,10H2,(H,19,21). The molecule has 2 aromatic rings. The van der Waals surface area contributed by atoms with E-state index < -0.39 is 5.97 Å². The van der Waals surface area contributed by atoms with Crippen molar-refractivity contribution in [2.45, 2.75) is 6.42 Å². The Kier molecular flexibility index (Phi) is 4.86. The Balaban J connectivity index is 1.48. The summed E-state index contributed by atoms with van der Waals surface area (Å²) in [5.74, 6) is 0.709. The molecule has 0 bridgehead atoms. The van der Waals surface area contributed by atoms with E-state index in [1.165, 1.54) is 0 Å². The highest BCUT2D eigenvalue weighted by atomic mass is 35.5. The number of carbonyl (C=O) groups excluding carboxylic acids is 2. The minimum atomic E-state index is -0.465. The minimum Gasteiger partial charge on any atom is -0.454 e. The Morgan fingerprint density at radius 1 is 1.12 bits per heavy atom. The molecule has 0 aliphatic carbocycles. The van der Waals surface area contributed by atoms with E-state index in [2.05, 4.69) is 5.32 Å². The van der Waals surface area contributed by atoms with E-state index in [4.69, 9.17) is 25.8 Å². The van der Waals surface area contributed by atoms with Gasteiger partial charge in [-0.25, -0.2) is 0 Å². The number of hydrogen-bond donors (Lipinski definition) is 1. The Morgan fingerprint density at radius 3 is 2.75 bits per heavy atom. The molecule has 0 fully saturated rings. The third-order valence-corrected chi connectivity index (χ3v) is 3.64. The zero-order valence-corrected chi connectivity index (χ0v) is 13.3. The van der Waals surface area contributed by atoms with Gasteiger partial charge in [0.2, 0.25) is 6.79 Å². The predicted octanol–water partition coefficient (Wildman–Crippen LogP) is 2.79. The molecule has 1 heterocycles. The third-order valence-electron chi connectivity index (χ3n) is 3.31. The number of esters is 1. The number of fused-ring (bicyclic) bond motifs is 1. The summed E-state index contributed by atoms with van der Waals surface area (Å²) in [7, 11) is 0. The topological polar surface area (TPSA) is 73.9 Å². The summed E-state index contributed by atoms with van der Waals surface area (Å²) in [5, 5.41) is 2.99. The van der Waals surface area contributed by atoms with Crippen molar-refractivity contribution in [2.24, 2.45) is 0 Å². The largest absolute Gasteiger partial charge is 0.454 e. The summed E-state index contributed by atoms with van der Waals surface area (Å²) in [5.41, 5.74) is 0.364. The molecule has 0 aromatic heterocycles. The fourth-order valence-corrected chi connectivity index (χ4v) is 2.36. The Morgan fingerprint density at radius 2 is 1.92 bits per heavy atom. The fraction of sp³-hybridized carbons (Fsp3) is 0.176. The summed E-state index contributed by atoms with van der Waals surface area (Å²) in [6.07, 6.45) is 0.0324. The maximum atomic E-state index is 12.0. The van der Waals surface area contributed by atoms with Crippen LogP contribution in [0.25, 0.3) is 0 Å². The lowest BCUT2D eigenvalue weighted by molar-refractivity contribution is -0.134. The molecule has 24 heavy (non-hydrogen) atoms. The highest BCUT2D eigenvalue weighted by molar-refractivity contribution is 6.33. The number of amides is 1. The lowest BCUT2D eigenvalue weighted by Gasteiger charge is -2.07. The van der Waals surface area contributed by atoms with Crippen molar-refractivity contribution in [1.29, 1.82) is 0 Å². The van der Waals surface area contributed by atoms with Crippen molar-refractivity contribution in [3.8, 4) is 17.2 Å². The number of halogens is 1. The zero-order chi connectivity index (χ0) is 16.9. The van der Waals surface area contributed by atoms with E-state index in [0.29, 0.717) is 27.8 Å². The Hall–Kier alpha value is -2.73. The monoisotopic (exact) mass is 347 g/mol. The van der Waals surface area contributed by atoms with Crippen molar-refractivity contribution in [3.05, 3.63) is 53.1 Å². The first-order chi connectivity index (χ1) is 11.6. The number of nitrogens with one attached hydrogen (secondary N) is 1. The second-order valence-electron chi connectivity index (χ2n) is 4.97. The quantitative estimate of drug-likeness (QED) is 0.665. The SMILES string of the molecule is O=C(CCNC(=O)c1ccccc1Cl)Oc1ccc2c(c1)OCO2. The highest BCUT2D eigenvalue weighted by Crippen LogP contribution is 2.35. The van der Waals surface area contributed by atoms with Crippen LogP contribution in [0.1, 0.15) is 16.8 Å². The number of ether oxygens (including phenoxy) is 3. The smallest absolute Gasteiger partial charge is 0.312 e. The molecule has 6 nitrogen and oxygen atoms in total. The molecule has 1 aliphatic rings. The van der Waals surface area contributed by atoms with E-state index in [1.54, 1.807) is 42.5 Å². The second kappa shape index (κ2) is 7.23. The van der Waals surface area contributed by atoms with Crippen LogP contribution in [0.5, 0.6) is 17.2 Å². The second-order valence-corrected chi connectivity index (χ2v) is 5.38. The molecular weight excluding hydrogens is 334 g/mol. The van der Waals surface area contributed by atoms with Gasteiger partial charge in [0.25, 0.3) is 5.91 Å². The molecule has 1 N–H and O–H groups in total. The summed E-state index contributed by atoms with van der Waals surface area (Å²) in [6, 6.07) is 11.6. The average molecular weight is 348 g/mol. The van der Waals surface area contributed by atoms with Gasteiger partial charge in [0.15, 0.2) is 11.5 Å². The van der Waals surface area contributed by atoms with Gasteiger partial charge >= 0.3 is 5.97 Å². The molecule has 7 heteroatoms. The number of hydrogen-bond acceptors (Lipinski definition) is 5. The Labute approximate surface area is 143 Å². The molecule has 3 rings (SSSR count). The van der Waals surface area contributed by atoms with Crippen molar-refractivity contribution in [1.82, 2.24) is 5.32 Å². The molecule has 0 spiro atoms. The molecule has 0 saturated carbocycles. The van der Waals surface area contributed by atoms with Gasteiger partial charge in [-0.3, -0.25) is 9.59 Å². The maximum absolute atomic E-state index is 12.0. The fourth-order valence-electron chi connectivity index (χ4n) is 2.14. The molecular formula is C17H14ClNO5. The van der Waals surface area contributed by atoms with E-state index in [0.717, 1.165) is 0 Å². The first kappa shape index (κ1) is 16.1. The highest BCUT2D eigenvalue weighted by Gasteiger charge is 2.15. The van der Waals surface area contributed by atoms with Crippen LogP contribution in [-0.2, 0) is 4.79 Å². The normalized spacial score (nSPS) is 11.9. The molecule has 0 radical (unpaired) electrons. The van der Waals surface area contributed by atoms with Crippen LogP contribution in [0.3, 0.4) is 0 Å². The van der Waals surface area contributed by atoms with Crippen LogP contribution in [0.2, 0.25) is 5.02 Å². The average Bonchev–Trinajstić information content (AvgIpc) is 3.02. The first-order valence-corrected chi connectivity index (χ1v) is 7.64. The van der Waals surface area contributed by atoms with E-state index in [1.807, 2.05) is 0 Å². The minimum absolute atomic E-state index is 0.0324. The molecule has 0 saturated heterocycles. The van der Waals surface area contributed by atoms with Crippen LogP contribution in [0, 0.1) is 0 Å². The van der Waals surface area contributed by atoms with Gasteiger partial charge in [0.05, 0.1) is 17.0 Å². The van der Waals surface area contributed by atoms with Crippen LogP contribution in [-0.4, -0.2) is 25.2 Å². The number of benzene rings is 2. The third kappa shape index (κ3) is 3.78. The maximum Gasteiger partial charge on any atom is 0.312 e. The van der Waals surface area contributed by atoms with E-state index >= 15 is 0 Å². The van der Waals surface area contributed by atoms with E-state index in [9.17, 15) is 9.59 Å². The van der Waals surface area contributed by atoms with Crippen molar-refractivity contribution in [3.63, 3.8) is 0 Å². The molecule has 2 aromatic carbocycles. The van der Waals surface area contributed by atoms with Crippen LogP contribution >= 0.6 is 11.6 Å². The molecule has 1 amide bonds.